The molecule has 0 saturated carbocycles. The Morgan fingerprint density at radius 1 is 0.867 bits per heavy atom. The Balaban J connectivity index is 1.89. The van der Waals surface area contributed by atoms with Gasteiger partial charge in [0.05, 0.1) is 11.4 Å². The predicted molar refractivity (Wildman–Crippen MR) is 185 cm³/mol. The van der Waals surface area contributed by atoms with Gasteiger partial charge >= 0.3 is 11.9 Å². The SMILES string of the molecule is C=C1/C2=C/c3[nH]c(c([C@H](C)S)c3C)/C=c3\[nH]/c(c([C@H](C)S)c3C)=C\c3[nH]c(c(CCC(=O)O)c3C)/C(N)=C(\N2)[C@@H]1CCC(=O)O. The molecule has 1 fully saturated rings. The molecular formula is C34H41N5O4S2. The Labute approximate surface area is 273 Å². The van der Waals surface area contributed by atoms with Crippen molar-refractivity contribution in [1.82, 2.24) is 20.3 Å². The molecule has 2 aliphatic rings. The van der Waals surface area contributed by atoms with Crippen molar-refractivity contribution in [2.24, 2.45) is 11.7 Å². The van der Waals surface area contributed by atoms with Gasteiger partial charge in [-0.15, -0.1) is 0 Å². The lowest BCUT2D eigenvalue weighted by atomic mass is 9.91. The molecule has 8 bridgehead atoms. The van der Waals surface area contributed by atoms with Crippen LogP contribution in [-0.4, -0.2) is 37.1 Å². The summed E-state index contributed by atoms with van der Waals surface area (Å²) in [6, 6.07) is 0. The minimum Gasteiger partial charge on any atom is -0.481 e. The smallest absolute Gasteiger partial charge is 0.303 e. The van der Waals surface area contributed by atoms with Gasteiger partial charge in [0.2, 0.25) is 0 Å². The molecule has 45 heavy (non-hydrogen) atoms. The quantitative estimate of drug-likeness (QED) is 0.159. The number of fused-ring (bicyclic) bond motifs is 8. The summed E-state index contributed by atoms with van der Waals surface area (Å²) in [6.45, 7) is 14.5. The topological polar surface area (TPSA) is 160 Å². The van der Waals surface area contributed by atoms with Gasteiger partial charge in [-0.2, -0.15) is 25.3 Å². The predicted octanol–water partition coefficient (Wildman–Crippen LogP) is 4.87. The van der Waals surface area contributed by atoms with E-state index in [1.54, 1.807) is 0 Å². The molecule has 238 valence electrons. The number of allylic oxidation sites excluding steroid dienone is 2. The van der Waals surface area contributed by atoms with E-state index >= 15 is 0 Å². The number of hydrogen-bond acceptors (Lipinski definition) is 6. The van der Waals surface area contributed by atoms with E-state index in [1.807, 2.05) is 32.9 Å². The van der Waals surface area contributed by atoms with E-state index in [0.717, 1.165) is 72.4 Å². The Morgan fingerprint density at radius 3 is 2.11 bits per heavy atom. The Kier molecular flexibility index (Phi) is 8.97. The number of rotatable bonds is 8. The molecule has 0 amide bonds. The van der Waals surface area contributed by atoms with Crippen molar-refractivity contribution in [3.8, 4) is 0 Å². The molecule has 1 saturated heterocycles. The molecule has 3 atom stereocenters. The fraction of sp³-hybridized carbons (Fsp3) is 0.353. The molecule has 3 aromatic rings. The van der Waals surface area contributed by atoms with E-state index in [4.69, 9.17) is 31.0 Å². The first-order chi connectivity index (χ1) is 21.2. The number of hydrogen-bond donors (Lipinski definition) is 9. The lowest BCUT2D eigenvalue weighted by molar-refractivity contribution is -0.138. The largest absolute Gasteiger partial charge is 0.481 e. The molecule has 5 heterocycles. The monoisotopic (exact) mass is 647 g/mol. The fourth-order valence-electron chi connectivity index (χ4n) is 6.68. The number of thiol groups is 2. The van der Waals surface area contributed by atoms with E-state index in [-0.39, 0.29) is 35.7 Å². The fourth-order valence-corrected chi connectivity index (χ4v) is 7.35. The summed E-state index contributed by atoms with van der Waals surface area (Å²) >= 11 is 9.64. The Morgan fingerprint density at radius 2 is 1.49 bits per heavy atom. The molecule has 0 spiro atoms. The van der Waals surface area contributed by atoms with Crippen LogP contribution >= 0.6 is 25.3 Å². The van der Waals surface area contributed by atoms with Gasteiger partial charge < -0.3 is 36.2 Å². The summed E-state index contributed by atoms with van der Waals surface area (Å²) in [7, 11) is 0. The van der Waals surface area contributed by atoms with Crippen molar-refractivity contribution in [2.75, 3.05) is 0 Å². The molecule has 8 N–H and O–H groups in total. The molecule has 5 rings (SSSR count). The lowest BCUT2D eigenvalue weighted by Crippen LogP contribution is -2.16. The van der Waals surface area contributed by atoms with Crippen molar-refractivity contribution in [2.45, 2.75) is 70.8 Å². The summed E-state index contributed by atoms with van der Waals surface area (Å²) in [5.74, 6) is -2.19. The van der Waals surface area contributed by atoms with Gasteiger partial charge in [0.25, 0.3) is 0 Å². The third kappa shape index (κ3) is 6.03. The second-order valence-corrected chi connectivity index (χ2v) is 13.6. The molecule has 0 aliphatic carbocycles. The van der Waals surface area contributed by atoms with Gasteiger partial charge in [-0.05, 0) is 105 Å². The first-order valence-corrected chi connectivity index (χ1v) is 16.1. The normalized spacial score (nSPS) is 21.6. The molecule has 9 nitrogen and oxygen atoms in total. The van der Waals surface area contributed by atoms with Crippen LogP contribution in [0.5, 0.6) is 0 Å². The van der Waals surface area contributed by atoms with Crippen LogP contribution in [0.3, 0.4) is 0 Å². The molecular weight excluding hydrogens is 607 g/mol. The van der Waals surface area contributed by atoms with Gasteiger partial charge in [-0.1, -0.05) is 6.58 Å². The third-order valence-corrected chi connectivity index (χ3v) is 9.55. The van der Waals surface area contributed by atoms with Crippen molar-refractivity contribution >= 4 is 61.1 Å². The molecule has 0 aromatic carbocycles. The number of carboxylic acids is 2. The van der Waals surface area contributed by atoms with Crippen LogP contribution in [0.4, 0.5) is 0 Å². The zero-order valence-electron chi connectivity index (χ0n) is 26.2. The average molecular weight is 648 g/mol. The van der Waals surface area contributed by atoms with E-state index in [0.29, 0.717) is 23.5 Å². The minimum atomic E-state index is -0.909. The van der Waals surface area contributed by atoms with Crippen molar-refractivity contribution in [3.63, 3.8) is 0 Å². The average Bonchev–Trinajstić information content (AvgIpc) is 3.63. The molecule has 11 heteroatoms. The van der Waals surface area contributed by atoms with E-state index in [9.17, 15) is 19.8 Å². The van der Waals surface area contributed by atoms with Crippen LogP contribution < -0.4 is 21.7 Å². The van der Waals surface area contributed by atoms with Crippen molar-refractivity contribution < 1.29 is 19.8 Å². The zero-order chi connectivity index (χ0) is 32.9. The summed E-state index contributed by atoms with van der Waals surface area (Å²) < 4.78 is 0. The molecule has 2 aliphatic heterocycles. The standard InChI is InChI=1S/C34H41N5O4S2/c1-14-20(7-9-28(40)41)33-32(35)34-21(8-10-29(42)43)15(2)23(39-34)12-26-31(19(6)45)17(4)25(37-26)13-27-30(18(5)44)16(3)24(36-27)11-22(14)38-33/h11-13,18-20,36-39,44-45H,1,7-10,35H2,2-6H3,(H,40,41)(H,42,43)/b22-11-,25-13-,26-12-,33-32+/t18-,19-,20+/m0/s1. The number of aliphatic carboxylic acids is 2. The number of H-pyrrole nitrogens is 3. The summed E-state index contributed by atoms with van der Waals surface area (Å²) in [6.07, 6.45) is 6.57. The highest BCUT2D eigenvalue weighted by Gasteiger charge is 2.33. The first kappa shape index (κ1) is 32.4. The van der Waals surface area contributed by atoms with Crippen LogP contribution in [0.15, 0.2) is 23.5 Å². The molecule has 0 radical (unpaired) electrons. The number of carbonyl (C=O) groups is 2. The number of carboxylic acid groups (broad SMARTS) is 2. The van der Waals surface area contributed by atoms with Crippen LogP contribution in [0.25, 0.3) is 23.9 Å². The van der Waals surface area contributed by atoms with Crippen LogP contribution in [0.2, 0.25) is 0 Å². The summed E-state index contributed by atoms with van der Waals surface area (Å²) in [5, 5.41) is 24.3. The van der Waals surface area contributed by atoms with Gasteiger partial charge in [0.1, 0.15) is 0 Å². The number of aromatic nitrogens is 3. The first-order valence-electron chi connectivity index (χ1n) is 15.0. The summed E-state index contributed by atoms with van der Waals surface area (Å²) in [5.41, 5.74) is 18.6. The maximum Gasteiger partial charge on any atom is 0.303 e. The zero-order valence-corrected chi connectivity index (χ0v) is 28.0. The van der Waals surface area contributed by atoms with E-state index in [1.165, 1.54) is 0 Å². The highest BCUT2D eigenvalue weighted by atomic mass is 32.1. The molecule has 0 unspecified atom stereocenters. The second-order valence-electron chi connectivity index (χ2n) is 12.1. The van der Waals surface area contributed by atoms with Gasteiger partial charge in [0, 0.05) is 68.4 Å². The van der Waals surface area contributed by atoms with Crippen molar-refractivity contribution in [3.05, 3.63) is 90.4 Å². The van der Waals surface area contributed by atoms with E-state index < -0.39 is 11.9 Å². The van der Waals surface area contributed by atoms with Gasteiger partial charge in [0.15, 0.2) is 0 Å². The van der Waals surface area contributed by atoms with Crippen LogP contribution in [-0.2, 0) is 16.0 Å². The van der Waals surface area contributed by atoms with Gasteiger partial charge in [-0.25, -0.2) is 0 Å². The second kappa shape index (κ2) is 12.4. The van der Waals surface area contributed by atoms with Crippen molar-refractivity contribution in [1.29, 1.82) is 0 Å². The number of nitrogens with two attached hydrogens (primary N) is 1. The maximum absolute atomic E-state index is 11.6. The minimum absolute atomic E-state index is 0.0515. The third-order valence-electron chi connectivity index (χ3n) is 9.03. The van der Waals surface area contributed by atoms with E-state index in [2.05, 4.69) is 46.8 Å². The summed E-state index contributed by atoms with van der Waals surface area (Å²) in [4.78, 5) is 34.0. The van der Waals surface area contributed by atoms with Crippen LogP contribution in [0, 0.1) is 26.7 Å². The highest BCUT2D eigenvalue weighted by molar-refractivity contribution is 7.80. The van der Waals surface area contributed by atoms with Gasteiger partial charge in [-0.3, -0.25) is 9.59 Å². The Bertz CT molecular complexity index is 1920. The lowest BCUT2D eigenvalue weighted by Gasteiger charge is -2.15. The highest BCUT2D eigenvalue weighted by Crippen LogP contribution is 2.40. The maximum atomic E-state index is 11.6. The number of nitrogens with one attached hydrogen (secondary N) is 4. The van der Waals surface area contributed by atoms with Crippen LogP contribution in [0.1, 0.15) is 99.8 Å². The number of aromatic amines is 3. The molecule has 3 aromatic heterocycles. The Hall–Kier alpha value is -3.96.